The van der Waals surface area contributed by atoms with Crippen LogP contribution in [-0.2, 0) is 176 Å². The predicted molar refractivity (Wildman–Crippen MR) is 496 cm³/mol. The van der Waals surface area contributed by atoms with Crippen molar-refractivity contribution in [2.45, 2.75) is 241 Å². The van der Waals surface area contributed by atoms with Gasteiger partial charge in [-0.2, -0.15) is 0 Å². The fraction of sp³-hybridized carbons (Fsp3) is 0.828. The van der Waals surface area contributed by atoms with E-state index in [-0.39, 0.29) is 264 Å². The van der Waals surface area contributed by atoms with E-state index >= 15 is 4.79 Å². The second-order valence-corrected chi connectivity index (χ2v) is 35.7. The quantitative estimate of drug-likeness (QED) is 0.0174. The van der Waals surface area contributed by atoms with Crippen molar-refractivity contribution < 1.29 is 181 Å². The third-order valence-electron chi connectivity index (χ3n) is 24.5. The lowest BCUT2D eigenvalue weighted by Gasteiger charge is -2.44. The normalized spacial score (nSPS) is 26.0. The van der Waals surface area contributed by atoms with E-state index < -0.39 is 220 Å². The molecule has 11 amide bonds. The second-order valence-electron chi connectivity index (χ2n) is 35.7. The summed E-state index contributed by atoms with van der Waals surface area (Å²) in [6.07, 6.45) is -7.96. The van der Waals surface area contributed by atoms with Crippen LogP contribution in [0.2, 0.25) is 0 Å². The fourth-order valence-corrected chi connectivity index (χ4v) is 16.3. The Hall–Kier alpha value is -9.16. The number of esters is 5. The first-order valence-corrected chi connectivity index (χ1v) is 48.8. The lowest BCUT2D eigenvalue weighted by Crippen LogP contribution is -2.62. The number of carbonyl (C=O) groups excluding carboxylic acids is 16. The molecule has 1 aliphatic carbocycles. The van der Waals surface area contributed by atoms with E-state index in [1.807, 2.05) is 41.5 Å². The number of hydrogen-bond donors (Lipinski definition) is 10. The number of amides is 11. The molecule has 0 spiro atoms. The number of nitrogens with one attached hydrogen (secondary N) is 9. The summed E-state index contributed by atoms with van der Waals surface area (Å²) in [4.78, 5) is 210. The predicted octanol–water partition coefficient (Wildman–Crippen LogP) is -2.32. The van der Waals surface area contributed by atoms with Crippen molar-refractivity contribution in [3.8, 4) is 0 Å². The molecule has 0 aromatic heterocycles. The second kappa shape index (κ2) is 68.3. The van der Waals surface area contributed by atoms with Crippen LogP contribution in [0.3, 0.4) is 0 Å². The fourth-order valence-electron chi connectivity index (χ4n) is 16.3. The van der Waals surface area contributed by atoms with Gasteiger partial charge in [0.1, 0.15) is 70.9 Å². The minimum absolute atomic E-state index is 0.00544. The van der Waals surface area contributed by atoms with Crippen molar-refractivity contribution in [3.05, 3.63) is 0 Å². The maximum Gasteiger partial charge on any atom is 0.303 e. The van der Waals surface area contributed by atoms with Gasteiger partial charge >= 0.3 is 29.8 Å². The Morgan fingerprint density at radius 2 is 0.592 bits per heavy atom. The van der Waals surface area contributed by atoms with Crippen LogP contribution in [0.15, 0.2) is 0 Å². The van der Waals surface area contributed by atoms with Gasteiger partial charge in [0.25, 0.3) is 0 Å². The van der Waals surface area contributed by atoms with E-state index in [0.717, 1.165) is 9.80 Å². The summed E-state index contributed by atoms with van der Waals surface area (Å²) in [6, 6.07) is -3.97. The van der Waals surface area contributed by atoms with E-state index in [2.05, 4.69) is 47.9 Å². The number of carbonyl (C=O) groups is 16. The highest BCUT2D eigenvalue weighted by atomic mass is 16.7. The topological polar surface area (TPSA) is 602 Å². The van der Waals surface area contributed by atoms with Crippen molar-refractivity contribution in [3.63, 3.8) is 0 Å². The van der Waals surface area contributed by atoms with E-state index in [1.165, 1.54) is 62.3 Å². The Morgan fingerprint density at radius 1 is 0.324 bits per heavy atom. The summed E-state index contributed by atoms with van der Waals surface area (Å²) < 4.78 is 121. The molecule has 49 heteroatoms. The monoisotopic (exact) mass is 2040 g/mol. The molecule has 4 heterocycles. The third-order valence-corrected chi connectivity index (χ3v) is 24.5. The number of nitrogens with zero attached hydrogens (tertiary/aromatic N) is 2. The van der Waals surface area contributed by atoms with Gasteiger partial charge in [0.05, 0.1) is 181 Å². The maximum atomic E-state index is 15.3. The molecule has 5 rings (SSSR count). The standard InChI is InChI=1S/C93H157N11O38/c1-55-58(4)83(98-62(8)105)90(139-74(55)51-134-66(12)109)130-43-39-126-35-31-122-27-23-94-78(115)47-103(48-79(116)95-24-28-123-32-38-129-42-46-133-93-86(101-65(11)108)61(7)87(138-70(16)113)77(142-93)54-137-69(15)112)82(119)22-21-73(102-88(120)71-17-19-72(114)20-18-71)89(121)104(49-80(117)96-25-29-124-33-36-127-40-44-131-91-84(99-63(9)106)59(5)56(2)75(140-91)52-135-67(13)110)50-81(118)97-26-30-125-34-37-128-41-45-132-92-85(100-64(10)107)60(6)57(3)76(141-92)53-136-68(14)111/h55-61,71-77,83-87,90-93,114H,17-54H2,1-16H3,(H,94,115)(H,95,116)(H,96,117)(H,97,118)(H,98,105)(H,99,106)(H,100,107)(H,101,108)(H,102,120)/t55?,56?,57?,58?,59?,60?,61?,71-,72+,73?,74?,75?,76?,77?,83?,84?,85?,86?,87?,90?,91?,92?,93?. The van der Waals surface area contributed by atoms with Gasteiger partial charge < -0.3 is 162 Å². The summed E-state index contributed by atoms with van der Waals surface area (Å²) in [5, 5.41) is 35.3. The van der Waals surface area contributed by atoms with Gasteiger partial charge in [-0.15, -0.1) is 0 Å². The van der Waals surface area contributed by atoms with Crippen LogP contribution in [0, 0.1) is 47.3 Å². The van der Waals surface area contributed by atoms with Crippen LogP contribution >= 0.6 is 0 Å². The molecule has 142 heavy (non-hydrogen) atoms. The molecule has 0 aromatic rings. The molecule has 5 fully saturated rings. The van der Waals surface area contributed by atoms with E-state index in [1.54, 1.807) is 6.92 Å². The van der Waals surface area contributed by atoms with Gasteiger partial charge in [-0.3, -0.25) is 76.7 Å². The molecule has 5 aliphatic rings. The minimum Gasteiger partial charge on any atom is -0.463 e. The van der Waals surface area contributed by atoms with Crippen LogP contribution in [-0.4, -0.2) is 413 Å². The third kappa shape index (κ3) is 48.2. The highest BCUT2D eigenvalue weighted by Gasteiger charge is 2.50. The van der Waals surface area contributed by atoms with Crippen LogP contribution in [0.25, 0.3) is 0 Å². The zero-order valence-corrected chi connectivity index (χ0v) is 85.1. The average molecular weight is 2040 g/mol. The summed E-state index contributed by atoms with van der Waals surface area (Å²) in [5.41, 5.74) is 0. The molecule has 0 radical (unpaired) electrons. The van der Waals surface area contributed by atoms with Crippen LogP contribution < -0.4 is 47.9 Å². The molecule has 1 saturated carbocycles. The zero-order chi connectivity index (χ0) is 105. The summed E-state index contributed by atoms with van der Waals surface area (Å²) >= 11 is 0. The Morgan fingerprint density at radius 3 is 0.880 bits per heavy atom. The first kappa shape index (κ1) is 123. The number of ether oxygens (including phenoxy) is 21. The Labute approximate surface area is 830 Å². The van der Waals surface area contributed by atoms with Crippen molar-refractivity contribution >= 4 is 94.8 Å². The van der Waals surface area contributed by atoms with E-state index in [0.29, 0.717) is 0 Å². The first-order chi connectivity index (χ1) is 67.6. The Balaban J connectivity index is 1.27. The average Bonchev–Trinajstić information content (AvgIpc) is 0.795. The largest absolute Gasteiger partial charge is 0.463 e. The van der Waals surface area contributed by atoms with Crippen molar-refractivity contribution in [1.82, 2.24) is 57.7 Å². The number of aliphatic hydroxyl groups is 1. The summed E-state index contributed by atoms with van der Waals surface area (Å²) in [5.74, 6) is -11.4. The molecule has 0 bridgehead atoms. The molecule has 4 aliphatic heterocycles. The van der Waals surface area contributed by atoms with E-state index in [4.69, 9.17) is 99.5 Å². The SMILES string of the molecule is CC(=O)NC1C(OCCOCCOCCNC(=O)CN(CC(=O)NCCOCCOCCOC2OC(COC(C)=O)C(OC(C)=O)C(C)C2NC(C)=O)C(=O)CCC(NC(=O)[C@H]2CC[C@@H](O)CC2)C(=O)N(CC(=O)NCCOCCOCCOC2OC(COC(C)=O)C(C)C(C)C2NC(C)=O)CC(=O)NCCOCCOCCOC2OC(COC(C)=O)C(C)C(C)C2NC(C)=O)OC(COC(C)=O)C(C)C1C. The number of hydrogen-bond acceptors (Lipinski definition) is 38. The zero-order valence-electron chi connectivity index (χ0n) is 85.1. The molecule has 49 nitrogen and oxygen atoms in total. The molecule has 0 aromatic carbocycles. The van der Waals surface area contributed by atoms with Crippen molar-refractivity contribution in [2.24, 2.45) is 47.3 Å². The molecule has 21 atom stereocenters. The van der Waals surface area contributed by atoms with Gasteiger partial charge in [-0.1, -0.05) is 48.5 Å². The molecule has 812 valence electrons. The molecule has 10 N–H and O–H groups in total. The van der Waals surface area contributed by atoms with Gasteiger partial charge in [0.2, 0.25) is 65.0 Å². The molecule has 4 saturated heterocycles. The van der Waals surface area contributed by atoms with E-state index in [9.17, 15) is 77.0 Å². The maximum absolute atomic E-state index is 15.3. The Bertz CT molecular complexity index is 3770. The van der Waals surface area contributed by atoms with Crippen LogP contribution in [0.5, 0.6) is 0 Å². The van der Waals surface area contributed by atoms with Gasteiger partial charge in [0.15, 0.2) is 25.2 Å². The highest BCUT2D eigenvalue weighted by molar-refractivity contribution is 5.95. The summed E-state index contributed by atoms with van der Waals surface area (Å²) in [7, 11) is 0. The molecular weight excluding hydrogens is 1880 g/mol. The lowest BCUT2D eigenvalue weighted by atomic mass is 9.82. The molecular formula is C93H157N11O38. The van der Waals surface area contributed by atoms with Crippen LogP contribution in [0.4, 0.5) is 0 Å². The lowest BCUT2D eigenvalue weighted by molar-refractivity contribution is -0.264. The first-order valence-electron chi connectivity index (χ1n) is 48.8. The highest BCUT2D eigenvalue weighted by Crippen LogP contribution is 2.36. The van der Waals surface area contributed by atoms with Crippen LogP contribution in [0.1, 0.15) is 149 Å². The minimum atomic E-state index is -1.64. The van der Waals surface area contributed by atoms with Crippen molar-refractivity contribution in [1.29, 1.82) is 0 Å². The number of aliphatic hydroxyl groups excluding tert-OH is 1. The Kier molecular flexibility index (Phi) is 59.3. The smallest absolute Gasteiger partial charge is 0.303 e. The van der Waals surface area contributed by atoms with Crippen molar-refractivity contribution in [2.75, 3.05) is 211 Å². The van der Waals surface area contributed by atoms with Gasteiger partial charge in [0, 0.05) is 107 Å². The van der Waals surface area contributed by atoms with Gasteiger partial charge in [-0.25, -0.2) is 0 Å². The number of rotatable bonds is 67. The summed E-state index contributed by atoms with van der Waals surface area (Å²) in [6.45, 7) is 22.0. The molecule has 21 unspecified atom stereocenters. The van der Waals surface area contributed by atoms with Gasteiger partial charge in [-0.05, 0) is 67.6 Å².